The van der Waals surface area contributed by atoms with Gasteiger partial charge in [-0.25, -0.2) is 18.5 Å². The van der Waals surface area contributed by atoms with E-state index in [0.717, 1.165) is 17.7 Å². The number of nitrogens with one attached hydrogen (secondary N) is 1. The van der Waals surface area contributed by atoms with Crippen molar-refractivity contribution in [1.82, 2.24) is 24.4 Å². The topological polar surface area (TPSA) is 99.3 Å². The van der Waals surface area contributed by atoms with E-state index < -0.39 is 10.0 Å². The summed E-state index contributed by atoms with van der Waals surface area (Å²) in [6, 6.07) is 9.92. The van der Waals surface area contributed by atoms with Crippen LogP contribution in [0.15, 0.2) is 46.7 Å². The van der Waals surface area contributed by atoms with E-state index in [0.29, 0.717) is 13.1 Å². The SMILES string of the molecule is O=C(N1CCN(S(=O)(=O)c2ncn[nH]2)CC1)C1(Sc2ccccc2)CC1. The zero-order chi connectivity index (χ0) is 18.2. The van der Waals surface area contributed by atoms with Gasteiger partial charge in [-0.3, -0.25) is 4.79 Å². The molecular weight excluding hydrogens is 374 g/mol. The highest BCUT2D eigenvalue weighted by Crippen LogP contribution is 2.52. The van der Waals surface area contributed by atoms with E-state index in [4.69, 9.17) is 0 Å². The van der Waals surface area contributed by atoms with Crippen LogP contribution in [0.1, 0.15) is 12.8 Å². The predicted octanol–water partition coefficient (Wildman–Crippen LogP) is 0.963. The van der Waals surface area contributed by atoms with Gasteiger partial charge in [-0.15, -0.1) is 11.8 Å². The smallest absolute Gasteiger partial charge is 0.278 e. The van der Waals surface area contributed by atoms with Gasteiger partial charge in [0.15, 0.2) is 0 Å². The van der Waals surface area contributed by atoms with E-state index in [1.165, 1.54) is 10.6 Å². The number of carbonyl (C=O) groups is 1. The van der Waals surface area contributed by atoms with Crippen molar-refractivity contribution in [1.29, 1.82) is 0 Å². The fraction of sp³-hybridized carbons (Fsp3) is 0.438. The van der Waals surface area contributed by atoms with Crippen molar-refractivity contribution in [3.05, 3.63) is 36.7 Å². The first kappa shape index (κ1) is 17.5. The van der Waals surface area contributed by atoms with E-state index in [1.807, 2.05) is 30.3 Å². The summed E-state index contributed by atoms with van der Waals surface area (Å²) in [6.45, 7) is 1.31. The van der Waals surface area contributed by atoms with Crippen molar-refractivity contribution < 1.29 is 13.2 Å². The van der Waals surface area contributed by atoms with Gasteiger partial charge in [-0.05, 0) is 25.0 Å². The number of piperazine rings is 1. The van der Waals surface area contributed by atoms with Gasteiger partial charge < -0.3 is 4.90 Å². The van der Waals surface area contributed by atoms with Crippen LogP contribution >= 0.6 is 11.8 Å². The zero-order valence-corrected chi connectivity index (χ0v) is 15.7. The Bertz CT molecular complexity index is 874. The molecule has 1 aromatic heterocycles. The van der Waals surface area contributed by atoms with E-state index in [9.17, 15) is 13.2 Å². The monoisotopic (exact) mass is 393 g/mol. The molecule has 0 spiro atoms. The first-order chi connectivity index (χ1) is 12.5. The van der Waals surface area contributed by atoms with E-state index in [-0.39, 0.29) is 28.9 Å². The number of thioether (sulfide) groups is 1. The fourth-order valence-corrected chi connectivity index (χ4v) is 5.55. The van der Waals surface area contributed by atoms with Gasteiger partial charge in [-0.2, -0.15) is 9.40 Å². The first-order valence-electron chi connectivity index (χ1n) is 8.40. The van der Waals surface area contributed by atoms with Crippen LogP contribution in [0.25, 0.3) is 0 Å². The molecule has 0 unspecified atom stereocenters. The average Bonchev–Trinajstić information content (AvgIpc) is 3.21. The van der Waals surface area contributed by atoms with Gasteiger partial charge in [0, 0.05) is 31.1 Å². The summed E-state index contributed by atoms with van der Waals surface area (Å²) in [4.78, 5) is 19.6. The number of H-pyrrole nitrogens is 1. The Kier molecular flexibility index (Phi) is 4.49. The van der Waals surface area contributed by atoms with E-state index in [2.05, 4.69) is 15.2 Å². The highest BCUT2D eigenvalue weighted by Gasteiger charge is 2.53. The molecule has 138 valence electrons. The van der Waals surface area contributed by atoms with Crippen LogP contribution in [-0.2, 0) is 14.8 Å². The second-order valence-corrected chi connectivity index (χ2v) is 9.71. The highest BCUT2D eigenvalue weighted by atomic mass is 32.2. The summed E-state index contributed by atoms with van der Waals surface area (Å²) in [5.74, 6) is 0.114. The van der Waals surface area contributed by atoms with Crippen molar-refractivity contribution in [2.24, 2.45) is 0 Å². The average molecular weight is 393 g/mol. The molecule has 1 saturated heterocycles. The molecule has 2 heterocycles. The maximum absolute atomic E-state index is 13.0. The Morgan fingerprint density at radius 1 is 1.12 bits per heavy atom. The largest absolute Gasteiger partial charge is 0.339 e. The number of hydrogen-bond donors (Lipinski definition) is 1. The predicted molar refractivity (Wildman–Crippen MR) is 96.0 cm³/mol. The lowest BCUT2D eigenvalue weighted by atomic mass is 10.3. The molecule has 2 fully saturated rings. The molecule has 4 rings (SSSR count). The van der Waals surface area contributed by atoms with Gasteiger partial charge >= 0.3 is 0 Å². The Morgan fingerprint density at radius 3 is 2.38 bits per heavy atom. The highest BCUT2D eigenvalue weighted by molar-refractivity contribution is 8.01. The molecule has 26 heavy (non-hydrogen) atoms. The Balaban J connectivity index is 1.40. The normalized spacial score (nSPS) is 20.1. The van der Waals surface area contributed by atoms with Gasteiger partial charge in [-0.1, -0.05) is 18.2 Å². The molecule has 1 aliphatic heterocycles. The lowest BCUT2D eigenvalue weighted by Crippen LogP contribution is -2.53. The van der Waals surface area contributed by atoms with Crippen LogP contribution in [0, 0.1) is 0 Å². The first-order valence-corrected chi connectivity index (χ1v) is 10.7. The quantitative estimate of drug-likeness (QED) is 0.812. The van der Waals surface area contributed by atoms with Crippen molar-refractivity contribution in [2.75, 3.05) is 26.2 Å². The summed E-state index contributed by atoms with van der Waals surface area (Å²) in [5.41, 5.74) is 0. The summed E-state index contributed by atoms with van der Waals surface area (Å²) in [5, 5.41) is 5.84. The summed E-state index contributed by atoms with van der Waals surface area (Å²) >= 11 is 1.62. The molecule has 1 saturated carbocycles. The minimum absolute atomic E-state index is 0.114. The molecule has 0 radical (unpaired) electrons. The van der Waals surface area contributed by atoms with Crippen molar-refractivity contribution in [3.63, 3.8) is 0 Å². The number of aromatic nitrogens is 3. The molecular formula is C16H19N5O3S2. The number of hydrogen-bond acceptors (Lipinski definition) is 6. The van der Waals surface area contributed by atoms with Gasteiger partial charge in [0.1, 0.15) is 6.33 Å². The number of aromatic amines is 1. The Hall–Kier alpha value is -1.91. The fourth-order valence-electron chi connectivity index (χ4n) is 3.05. The number of nitrogens with zero attached hydrogens (tertiary/aromatic N) is 4. The van der Waals surface area contributed by atoms with Gasteiger partial charge in [0.05, 0.1) is 4.75 Å². The molecule has 1 aliphatic carbocycles. The summed E-state index contributed by atoms with van der Waals surface area (Å²) < 4.78 is 25.9. The molecule has 8 nitrogen and oxygen atoms in total. The number of amides is 1. The molecule has 2 aliphatic rings. The summed E-state index contributed by atoms with van der Waals surface area (Å²) in [6.07, 6.45) is 2.90. The number of sulfonamides is 1. The lowest BCUT2D eigenvalue weighted by molar-refractivity contribution is -0.132. The van der Waals surface area contributed by atoms with Crippen molar-refractivity contribution in [3.8, 4) is 0 Å². The number of carbonyl (C=O) groups excluding carboxylic acids is 1. The minimum Gasteiger partial charge on any atom is -0.339 e. The third-order valence-corrected chi connectivity index (χ3v) is 7.87. The molecule has 0 bridgehead atoms. The Labute approximate surface area is 156 Å². The maximum atomic E-state index is 13.0. The second kappa shape index (κ2) is 6.67. The summed E-state index contributed by atoms with van der Waals surface area (Å²) in [7, 11) is -3.68. The molecule has 1 aromatic carbocycles. The molecule has 0 atom stereocenters. The van der Waals surface area contributed by atoms with Crippen LogP contribution in [0.3, 0.4) is 0 Å². The number of benzene rings is 1. The maximum Gasteiger partial charge on any atom is 0.278 e. The minimum atomic E-state index is -3.68. The van der Waals surface area contributed by atoms with Crippen molar-refractivity contribution in [2.45, 2.75) is 27.6 Å². The molecule has 1 amide bonds. The standard InChI is InChI=1S/C16H19N5O3S2/c22-14(16(6-7-16)25-13-4-2-1-3-5-13)20-8-10-21(11-9-20)26(23,24)15-17-12-18-19-15/h1-5,12H,6-11H2,(H,17,18,19). The van der Waals surface area contributed by atoms with E-state index >= 15 is 0 Å². The zero-order valence-electron chi connectivity index (χ0n) is 14.0. The Morgan fingerprint density at radius 2 is 1.81 bits per heavy atom. The number of rotatable bonds is 5. The van der Waals surface area contributed by atoms with Crippen LogP contribution < -0.4 is 0 Å². The van der Waals surface area contributed by atoms with Crippen LogP contribution in [-0.4, -0.2) is 69.6 Å². The van der Waals surface area contributed by atoms with Crippen LogP contribution in [0.2, 0.25) is 0 Å². The molecule has 2 aromatic rings. The van der Waals surface area contributed by atoms with E-state index in [1.54, 1.807) is 16.7 Å². The second-order valence-electron chi connectivity index (χ2n) is 6.40. The van der Waals surface area contributed by atoms with Crippen molar-refractivity contribution >= 4 is 27.7 Å². The third kappa shape index (κ3) is 3.24. The van der Waals surface area contributed by atoms with Gasteiger partial charge in [0.25, 0.3) is 15.2 Å². The third-order valence-electron chi connectivity index (χ3n) is 4.65. The lowest BCUT2D eigenvalue weighted by Gasteiger charge is -2.35. The molecule has 10 heteroatoms. The van der Waals surface area contributed by atoms with Crippen LogP contribution in [0.4, 0.5) is 0 Å². The van der Waals surface area contributed by atoms with Gasteiger partial charge in [0.2, 0.25) is 5.91 Å². The molecule has 1 N–H and O–H groups in total. The van der Waals surface area contributed by atoms with Crippen LogP contribution in [0.5, 0.6) is 0 Å².